The highest BCUT2D eigenvalue weighted by Gasteiger charge is 2.30. The van der Waals surface area contributed by atoms with Crippen molar-refractivity contribution >= 4 is 5.91 Å². The molecular formula is C20H28N4O. The average molecular weight is 340 g/mol. The summed E-state index contributed by atoms with van der Waals surface area (Å²) in [6.07, 6.45) is 2.33. The predicted molar refractivity (Wildman–Crippen MR) is 99.3 cm³/mol. The van der Waals surface area contributed by atoms with Crippen LogP contribution in [0.1, 0.15) is 42.8 Å². The van der Waals surface area contributed by atoms with Crippen LogP contribution in [0.25, 0.3) is 0 Å². The van der Waals surface area contributed by atoms with E-state index in [2.05, 4.69) is 21.4 Å². The highest BCUT2D eigenvalue weighted by molar-refractivity contribution is 5.83. The van der Waals surface area contributed by atoms with Gasteiger partial charge in [-0.1, -0.05) is 30.3 Å². The second kappa shape index (κ2) is 7.83. The van der Waals surface area contributed by atoms with Crippen molar-refractivity contribution in [3.63, 3.8) is 0 Å². The summed E-state index contributed by atoms with van der Waals surface area (Å²) in [6.45, 7) is 8.74. The van der Waals surface area contributed by atoms with Crippen LogP contribution in [0, 0.1) is 13.8 Å². The topological polar surface area (TPSA) is 50.2 Å². The SMILES string of the molecule is Cc1cc(C)n(CC(C)NC(=O)C(c2ccccc2)N2CCCC2)n1. The van der Waals surface area contributed by atoms with Crippen LogP contribution >= 0.6 is 0 Å². The van der Waals surface area contributed by atoms with E-state index in [-0.39, 0.29) is 18.0 Å². The van der Waals surface area contributed by atoms with Crippen LogP contribution in [-0.2, 0) is 11.3 Å². The molecule has 0 aliphatic carbocycles. The summed E-state index contributed by atoms with van der Waals surface area (Å²) in [7, 11) is 0. The molecule has 5 heteroatoms. The van der Waals surface area contributed by atoms with Gasteiger partial charge in [-0.05, 0) is 58.3 Å². The van der Waals surface area contributed by atoms with Crippen molar-refractivity contribution in [2.45, 2.75) is 52.2 Å². The van der Waals surface area contributed by atoms with Gasteiger partial charge in [0.2, 0.25) is 5.91 Å². The maximum atomic E-state index is 13.0. The molecule has 1 aromatic carbocycles. The number of nitrogens with zero attached hydrogens (tertiary/aromatic N) is 3. The molecule has 2 unspecified atom stereocenters. The molecule has 134 valence electrons. The number of hydrogen-bond donors (Lipinski definition) is 1. The Balaban J connectivity index is 1.70. The van der Waals surface area contributed by atoms with Gasteiger partial charge in [0.05, 0.1) is 12.2 Å². The Hall–Kier alpha value is -2.14. The van der Waals surface area contributed by atoms with Gasteiger partial charge in [0, 0.05) is 11.7 Å². The number of aryl methyl sites for hydroxylation is 2. The summed E-state index contributed by atoms with van der Waals surface area (Å²) in [6, 6.07) is 12.0. The third-order valence-electron chi connectivity index (χ3n) is 4.81. The van der Waals surface area contributed by atoms with Gasteiger partial charge < -0.3 is 5.32 Å². The van der Waals surface area contributed by atoms with E-state index in [0.717, 1.165) is 42.9 Å². The lowest BCUT2D eigenvalue weighted by atomic mass is 10.0. The van der Waals surface area contributed by atoms with Crippen molar-refractivity contribution in [3.8, 4) is 0 Å². The molecule has 2 aromatic rings. The van der Waals surface area contributed by atoms with Gasteiger partial charge >= 0.3 is 0 Å². The molecule has 0 saturated carbocycles. The van der Waals surface area contributed by atoms with Crippen molar-refractivity contribution in [1.82, 2.24) is 20.0 Å². The number of hydrogen-bond acceptors (Lipinski definition) is 3. The minimum Gasteiger partial charge on any atom is -0.350 e. The molecule has 1 amide bonds. The molecular weight excluding hydrogens is 312 g/mol. The molecule has 1 saturated heterocycles. The number of likely N-dealkylation sites (tertiary alicyclic amines) is 1. The number of rotatable bonds is 6. The van der Waals surface area contributed by atoms with Gasteiger partial charge in [0.1, 0.15) is 6.04 Å². The van der Waals surface area contributed by atoms with Crippen molar-refractivity contribution in [2.24, 2.45) is 0 Å². The lowest BCUT2D eigenvalue weighted by Gasteiger charge is -2.28. The van der Waals surface area contributed by atoms with E-state index in [9.17, 15) is 4.79 Å². The molecule has 1 N–H and O–H groups in total. The van der Waals surface area contributed by atoms with Crippen LogP contribution in [-0.4, -0.2) is 39.7 Å². The summed E-state index contributed by atoms with van der Waals surface area (Å²) in [5, 5.41) is 7.69. The summed E-state index contributed by atoms with van der Waals surface area (Å²) >= 11 is 0. The predicted octanol–water partition coefficient (Wildman–Crippen LogP) is 2.84. The first-order chi connectivity index (χ1) is 12.0. The Morgan fingerprint density at radius 2 is 1.88 bits per heavy atom. The second-order valence-corrected chi connectivity index (χ2v) is 7.08. The monoisotopic (exact) mass is 340 g/mol. The van der Waals surface area contributed by atoms with Gasteiger partial charge in [0.25, 0.3) is 0 Å². The molecule has 2 heterocycles. The largest absolute Gasteiger partial charge is 0.350 e. The van der Waals surface area contributed by atoms with Gasteiger partial charge in [-0.25, -0.2) is 0 Å². The maximum Gasteiger partial charge on any atom is 0.242 e. The summed E-state index contributed by atoms with van der Waals surface area (Å²) in [4.78, 5) is 15.3. The highest BCUT2D eigenvalue weighted by Crippen LogP contribution is 2.25. The van der Waals surface area contributed by atoms with Crippen LogP contribution in [0.5, 0.6) is 0 Å². The van der Waals surface area contributed by atoms with Crippen LogP contribution in [0.2, 0.25) is 0 Å². The van der Waals surface area contributed by atoms with E-state index >= 15 is 0 Å². The van der Waals surface area contributed by atoms with Crippen molar-refractivity contribution < 1.29 is 4.79 Å². The molecule has 5 nitrogen and oxygen atoms in total. The summed E-state index contributed by atoms with van der Waals surface area (Å²) in [5.41, 5.74) is 3.20. The van der Waals surface area contributed by atoms with E-state index in [0.29, 0.717) is 6.54 Å². The third kappa shape index (κ3) is 4.28. The quantitative estimate of drug-likeness (QED) is 0.880. The fourth-order valence-corrected chi connectivity index (χ4v) is 3.65. The van der Waals surface area contributed by atoms with Crippen LogP contribution in [0.3, 0.4) is 0 Å². The van der Waals surface area contributed by atoms with E-state index in [4.69, 9.17) is 0 Å². The first-order valence-electron chi connectivity index (χ1n) is 9.15. The van der Waals surface area contributed by atoms with Crippen LogP contribution < -0.4 is 5.32 Å². The fourth-order valence-electron chi connectivity index (χ4n) is 3.65. The molecule has 1 fully saturated rings. The fraction of sp³-hybridized carbons (Fsp3) is 0.500. The molecule has 1 aromatic heterocycles. The number of carbonyl (C=O) groups is 1. The smallest absolute Gasteiger partial charge is 0.242 e. The zero-order chi connectivity index (χ0) is 17.8. The number of benzene rings is 1. The Kier molecular flexibility index (Phi) is 5.53. The summed E-state index contributed by atoms with van der Waals surface area (Å²) < 4.78 is 1.97. The number of amides is 1. The highest BCUT2D eigenvalue weighted by atomic mass is 16.2. The molecule has 0 radical (unpaired) electrons. The lowest BCUT2D eigenvalue weighted by molar-refractivity contribution is -0.127. The van der Waals surface area contributed by atoms with Crippen molar-refractivity contribution in [2.75, 3.05) is 13.1 Å². The second-order valence-electron chi connectivity index (χ2n) is 7.08. The van der Waals surface area contributed by atoms with Gasteiger partial charge in [-0.2, -0.15) is 5.10 Å². The van der Waals surface area contributed by atoms with Gasteiger partial charge in [-0.15, -0.1) is 0 Å². The first-order valence-corrected chi connectivity index (χ1v) is 9.15. The van der Waals surface area contributed by atoms with Gasteiger partial charge in [0.15, 0.2) is 0 Å². The first kappa shape index (κ1) is 17.7. The molecule has 0 bridgehead atoms. The number of nitrogens with one attached hydrogen (secondary N) is 1. The Morgan fingerprint density at radius 1 is 1.20 bits per heavy atom. The standard InChI is InChI=1S/C20H28N4O/c1-15-13-17(3)24(22-15)14-16(2)21-20(25)19(23-11-7-8-12-23)18-9-5-4-6-10-18/h4-6,9-10,13,16,19H,7-8,11-12,14H2,1-3H3,(H,21,25). The summed E-state index contributed by atoms with van der Waals surface area (Å²) in [5.74, 6) is 0.0853. The zero-order valence-electron chi connectivity index (χ0n) is 15.4. The van der Waals surface area contributed by atoms with E-state index < -0.39 is 0 Å². The molecule has 2 atom stereocenters. The van der Waals surface area contributed by atoms with Gasteiger partial charge in [-0.3, -0.25) is 14.4 Å². The maximum absolute atomic E-state index is 13.0. The van der Waals surface area contributed by atoms with E-state index in [1.54, 1.807) is 0 Å². The Labute approximate surface area is 150 Å². The molecule has 1 aliphatic heterocycles. The third-order valence-corrected chi connectivity index (χ3v) is 4.81. The lowest BCUT2D eigenvalue weighted by Crippen LogP contribution is -2.44. The van der Waals surface area contributed by atoms with Crippen LogP contribution in [0.4, 0.5) is 0 Å². The Morgan fingerprint density at radius 3 is 2.48 bits per heavy atom. The number of carbonyl (C=O) groups excluding carboxylic acids is 1. The minimum absolute atomic E-state index is 0.0271. The zero-order valence-corrected chi connectivity index (χ0v) is 15.4. The minimum atomic E-state index is -0.202. The molecule has 0 spiro atoms. The number of aromatic nitrogens is 2. The van der Waals surface area contributed by atoms with Crippen molar-refractivity contribution in [1.29, 1.82) is 0 Å². The Bertz CT molecular complexity index is 704. The van der Waals surface area contributed by atoms with E-state index in [1.807, 2.05) is 55.8 Å². The van der Waals surface area contributed by atoms with Crippen molar-refractivity contribution in [3.05, 3.63) is 53.3 Å². The van der Waals surface area contributed by atoms with Crippen LogP contribution in [0.15, 0.2) is 36.4 Å². The molecule has 1 aliphatic rings. The molecule has 3 rings (SSSR count). The molecule has 25 heavy (non-hydrogen) atoms. The van der Waals surface area contributed by atoms with E-state index in [1.165, 1.54) is 0 Å². The normalized spacial score (nSPS) is 17.4. The average Bonchev–Trinajstić information content (AvgIpc) is 3.19.